The summed E-state index contributed by atoms with van der Waals surface area (Å²) in [5, 5.41) is 8.82. The van der Waals surface area contributed by atoms with Crippen LogP contribution in [0.25, 0.3) is 0 Å². The van der Waals surface area contributed by atoms with E-state index in [9.17, 15) is 8.42 Å². The lowest BCUT2D eigenvalue weighted by molar-refractivity contribution is 0.271. The number of hydrazine groups is 1. The molecule has 108 valence electrons. The van der Waals surface area contributed by atoms with Crippen molar-refractivity contribution in [3.05, 3.63) is 16.7 Å². The second-order valence-corrected chi connectivity index (χ2v) is 6.54. The molecule has 0 aliphatic carbocycles. The largest absolute Gasteiger partial charge is 0.396 e. The zero-order valence-electron chi connectivity index (χ0n) is 10.5. The predicted molar refractivity (Wildman–Crippen MR) is 75.9 cm³/mol. The molecule has 1 aromatic heterocycles. The van der Waals surface area contributed by atoms with Crippen LogP contribution in [-0.4, -0.2) is 42.5 Å². The molecular weight excluding hydrogens is 336 g/mol. The highest BCUT2D eigenvalue weighted by Crippen LogP contribution is 2.25. The van der Waals surface area contributed by atoms with Gasteiger partial charge in [-0.1, -0.05) is 6.92 Å². The Morgan fingerprint density at radius 2 is 2.26 bits per heavy atom. The third-order valence-corrected chi connectivity index (χ3v) is 4.91. The number of aliphatic hydroxyl groups is 1. The van der Waals surface area contributed by atoms with Gasteiger partial charge in [-0.15, -0.1) is 0 Å². The second kappa shape index (κ2) is 7.15. The number of sulfonamides is 1. The number of aromatic nitrogens is 1. The molecule has 0 radical (unpaired) electrons. The van der Waals surface area contributed by atoms with Crippen molar-refractivity contribution < 1.29 is 13.5 Å². The summed E-state index contributed by atoms with van der Waals surface area (Å²) in [6, 6.07) is 1.44. The number of halogens is 1. The van der Waals surface area contributed by atoms with Crippen LogP contribution < -0.4 is 11.3 Å². The van der Waals surface area contributed by atoms with E-state index in [0.29, 0.717) is 17.4 Å². The molecule has 0 bridgehead atoms. The average Bonchev–Trinajstić information content (AvgIpc) is 2.39. The van der Waals surface area contributed by atoms with E-state index in [4.69, 9.17) is 10.9 Å². The van der Waals surface area contributed by atoms with Crippen molar-refractivity contribution in [2.24, 2.45) is 5.84 Å². The van der Waals surface area contributed by atoms with E-state index in [-0.39, 0.29) is 23.9 Å². The van der Waals surface area contributed by atoms with Gasteiger partial charge in [-0.2, -0.15) is 4.31 Å². The molecule has 1 aromatic rings. The molecule has 1 heterocycles. The Bertz CT molecular complexity index is 524. The molecule has 9 heteroatoms. The summed E-state index contributed by atoms with van der Waals surface area (Å²) in [7, 11) is -3.70. The maximum atomic E-state index is 12.5. The van der Waals surface area contributed by atoms with Crippen molar-refractivity contribution in [3.8, 4) is 0 Å². The quantitative estimate of drug-likeness (QED) is 0.487. The fourth-order valence-electron chi connectivity index (χ4n) is 1.56. The molecule has 0 aliphatic heterocycles. The van der Waals surface area contributed by atoms with Gasteiger partial charge in [0.2, 0.25) is 10.0 Å². The first-order chi connectivity index (χ1) is 8.97. The Hall–Kier alpha value is -0.740. The molecule has 0 amide bonds. The van der Waals surface area contributed by atoms with Gasteiger partial charge in [0, 0.05) is 30.4 Å². The van der Waals surface area contributed by atoms with Gasteiger partial charge in [-0.25, -0.2) is 19.2 Å². The van der Waals surface area contributed by atoms with E-state index in [1.54, 1.807) is 6.92 Å². The summed E-state index contributed by atoms with van der Waals surface area (Å²) in [6.45, 7) is 2.21. The van der Waals surface area contributed by atoms with Crippen LogP contribution in [0.4, 0.5) is 5.82 Å². The van der Waals surface area contributed by atoms with E-state index in [1.807, 2.05) is 0 Å². The summed E-state index contributed by atoms with van der Waals surface area (Å²) in [5.74, 6) is 5.38. The number of hydrogen-bond donors (Lipinski definition) is 3. The molecule has 19 heavy (non-hydrogen) atoms. The van der Waals surface area contributed by atoms with Crippen molar-refractivity contribution in [1.82, 2.24) is 9.29 Å². The van der Waals surface area contributed by atoms with Crippen LogP contribution in [0.1, 0.15) is 13.3 Å². The van der Waals surface area contributed by atoms with E-state index in [1.165, 1.54) is 16.6 Å². The van der Waals surface area contributed by atoms with Gasteiger partial charge < -0.3 is 10.5 Å². The average molecular weight is 353 g/mol. The molecule has 0 atom stereocenters. The molecule has 0 aromatic carbocycles. The minimum atomic E-state index is -3.70. The van der Waals surface area contributed by atoms with Gasteiger partial charge in [0.05, 0.1) is 0 Å². The van der Waals surface area contributed by atoms with Crippen LogP contribution in [-0.2, 0) is 10.0 Å². The predicted octanol–water partition coefficient (Wildman–Crippen LogP) is 0.523. The number of nitrogen functional groups attached to an aromatic ring is 1. The number of aliphatic hydroxyl groups excluding tert-OH is 1. The lowest BCUT2D eigenvalue weighted by Crippen LogP contribution is -2.33. The van der Waals surface area contributed by atoms with Crippen molar-refractivity contribution >= 4 is 31.8 Å². The molecule has 0 spiro atoms. The summed E-state index contributed by atoms with van der Waals surface area (Å²) >= 11 is 3.19. The first-order valence-corrected chi connectivity index (χ1v) is 7.93. The van der Waals surface area contributed by atoms with E-state index in [0.717, 1.165) is 0 Å². The number of nitrogens with two attached hydrogens (primary N) is 1. The topological polar surface area (TPSA) is 109 Å². The van der Waals surface area contributed by atoms with Gasteiger partial charge >= 0.3 is 0 Å². The number of rotatable bonds is 7. The van der Waals surface area contributed by atoms with Crippen LogP contribution in [0, 0.1) is 0 Å². The van der Waals surface area contributed by atoms with Crippen LogP contribution in [0.2, 0.25) is 0 Å². The lowest BCUT2D eigenvalue weighted by atomic mass is 10.4. The van der Waals surface area contributed by atoms with E-state index in [2.05, 4.69) is 26.3 Å². The summed E-state index contributed by atoms with van der Waals surface area (Å²) in [5.41, 5.74) is 2.28. The van der Waals surface area contributed by atoms with Gasteiger partial charge in [0.15, 0.2) is 5.82 Å². The van der Waals surface area contributed by atoms with Crippen molar-refractivity contribution in [2.45, 2.75) is 18.2 Å². The molecule has 0 unspecified atom stereocenters. The van der Waals surface area contributed by atoms with Gasteiger partial charge in [0.1, 0.15) is 4.90 Å². The summed E-state index contributed by atoms with van der Waals surface area (Å²) in [6.07, 6.45) is 1.83. The normalized spacial score (nSPS) is 11.8. The number of nitrogens with zero attached hydrogens (tertiary/aromatic N) is 2. The van der Waals surface area contributed by atoms with E-state index < -0.39 is 10.0 Å². The van der Waals surface area contributed by atoms with Gasteiger partial charge in [-0.3, -0.25) is 0 Å². The highest BCUT2D eigenvalue weighted by molar-refractivity contribution is 9.10. The van der Waals surface area contributed by atoms with Crippen LogP contribution >= 0.6 is 15.9 Å². The van der Waals surface area contributed by atoms with Crippen LogP contribution in [0.15, 0.2) is 21.6 Å². The number of hydrogen-bond acceptors (Lipinski definition) is 6. The van der Waals surface area contributed by atoms with Gasteiger partial charge in [0.25, 0.3) is 0 Å². The zero-order valence-corrected chi connectivity index (χ0v) is 12.9. The maximum Gasteiger partial charge on any atom is 0.246 e. The highest BCUT2D eigenvalue weighted by atomic mass is 79.9. The Balaban J connectivity index is 3.20. The summed E-state index contributed by atoms with van der Waals surface area (Å²) < 4.78 is 26.8. The number of pyridine rings is 1. The van der Waals surface area contributed by atoms with Crippen molar-refractivity contribution in [1.29, 1.82) is 0 Å². The third kappa shape index (κ3) is 3.86. The van der Waals surface area contributed by atoms with E-state index >= 15 is 0 Å². The van der Waals surface area contributed by atoms with Crippen LogP contribution in [0.3, 0.4) is 0 Å². The molecule has 0 saturated heterocycles. The second-order valence-electron chi connectivity index (χ2n) is 3.72. The molecule has 4 N–H and O–H groups in total. The zero-order chi connectivity index (χ0) is 14.5. The first kappa shape index (κ1) is 16.3. The Morgan fingerprint density at radius 1 is 1.58 bits per heavy atom. The summed E-state index contributed by atoms with van der Waals surface area (Å²) in [4.78, 5) is 3.93. The maximum absolute atomic E-state index is 12.5. The lowest BCUT2D eigenvalue weighted by Gasteiger charge is -2.21. The Labute approximate surface area is 121 Å². The third-order valence-electron chi connectivity index (χ3n) is 2.49. The van der Waals surface area contributed by atoms with Crippen LogP contribution in [0.5, 0.6) is 0 Å². The van der Waals surface area contributed by atoms with Crippen molar-refractivity contribution in [2.75, 3.05) is 25.1 Å². The number of anilines is 1. The monoisotopic (exact) mass is 352 g/mol. The Morgan fingerprint density at radius 3 is 2.79 bits per heavy atom. The van der Waals surface area contributed by atoms with Gasteiger partial charge in [-0.05, 0) is 28.4 Å². The smallest absolute Gasteiger partial charge is 0.246 e. The first-order valence-electron chi connectivity index (χ1n) is 5.70. The molecule has 7 nitrogen and oxygen atoms in total. The van der Waals surface area contributed by atoms with Crippen molar-refractivity contribution in [3.63, 3.8) is 0 Å². The molecule has 0 saturated carbocycles. The Kier molecular flexibility index (Phi) is 6.14. The SMILES string of the molecule is CCN(CCCO)S(=O)(=O)c1cc(Br)cnc1NN. The minimum Gasteiger partial charge on any atom is -0.396 e. The highest BCUT2D eigenvalue weighted by Gasteiger charge is 2.26. The standard InChI is InChI=1S/C10H17BrN4O3S/c1-2-15(4-3-5-16)19(17,18)9-6-8(11)7-13-10(9)14-12/h6-7,16H,2-5,12H2,1H3,(H,13,14). The molecule has 0 aliphatic rings. The fourth-order valence-corrected chi connectivity index (χ4v) is 3.66. The molecule has 1 rings (SSSR count). The molecular formula is C10H17BrN4O3S. The minimum absolute atomic E-state index is 0.00386. The molecule has 0 fully saturated rings. The number of nitrogens with one attached hydrogen (secondary N) is 1. The fraction of sp³-hybridized carbons (Fsp3) is 0.500.